The Labute approximate surface area is 117 Å². The quantitative estimate of drug-likeness (QED) is 0.820. The third-order valence-corrected chi connectivity index (χ3v) is 4.20. The number of benzene rings is 1. The van der Waals surface area contributed by atoms with Crippen molar-refractivity contribution in [2.24, 2.45) is 0 Å². The lowest BCUT2D eigenvalue weighted by Crippen LogP contribution is -2.32. The van der Waals surface area contributed by atoms with Crippen molar-refractivity contribution in [1.29, 1.82) is 0 Å². The second-order valence-electron chi connectivity index (χ2n) is 5.56. The number of rotatable bonds is 2. The van der Waals surface area contributed by atoms with Crippen LogP contribution < -0.4 is 5.46 Å². The van der Waals surface area contributed by atoms with Crippen LogP contribution in [0.2, 0.25) is 0 Å². The molecule has 0 bridgehead atoms. The second kappa shape index (κ2) is 5.18. The molecule has 0 aliphatic heterocycles. The minimum absolute atomic E-state index is 0.120. The maximum atomic E-state index is 14.0. The number of halogens is 1. The van der Waals surface area contributed by atoms with Gasteiger partial charge in [-0.05, 0) is 31.9 Å². The third-order valence-electron chi connectivity index (χ3n) is 4.20. The molecular formula is C14H18BFN2O2. The predicted octanol–water partition coefficient (Wildman–Crippen LogP) is 1.67. The molecule has 2 N–H and O–H groups in total. The van der Waals surface area contributed by atoms with Crippen LogP contribution in [0, 0.1) is 12.7 Å². The van der Waals surface area contributed by atoms with E-state index in [0.717, 1.165) is 24.2 Å². The van der Waals surface area contributed by atoms with E-state index in [1.54, 1.807) is 0 Å². The minimum Gasteiger partial charge on any atom is -0.423 e. The van der Waals surface area contributed by atoms with Crippen molar-refractivity contribution in [1.82, 2.24) is 9.55 Å². The van der Waals surface area contributed by atoms with Gasteiger partial charge >= 0.3 is 7.12 Å². The van der Waals surface area contributed by atoms with Gasteiger partial charge in [0.1, 0.15) is 11.6 Å². The molecule has 3 rings (SSSR count). The van der Waals surface area contributed by atoms with E-state index < -0.39 is 12.9 Å². The van der Waals surface area contributed by atoms with Crippen molar-refractivity contribution in [2.45, 2.75) is 45.1 Å². The lowest BCUT2D eigenvalue weighted by atomic mass is 9.79. The number of imidazole rings is 1. The van der Waals surface area contributed by atoms with Gasteiger partial charge in [0.2, 0.25) is 0 Å². The summed E-state index contributed by atoms with van der Waals surface area (Å²) in [4.78, 5) is 4.45. The summed E-state index contributed by atoms with van der Waals surface area (Å²) in [6, 6.07) is 3.18. The summed E-state index contributed by atoms with van der Waals surface area (Å²) in [5.74, 6) is 0.264. The van der Waals surface area contributed by atoms with Gasteiger partial charge in [0.05, 0.1) is 11.0 Å². The molecule has 1 aromatic carbocycles. The minimum atomic E-state index is -1.81. The maximum absolute atomic E-state index is 14.0. The summed E-state index contributed by atoms with van der Waals surface area (Å²) < 4.78 is 16.1. The highest BCUT2D eigenvalue weighted by atomic mass is 19.1. The van der Waals surface area contributed by atoms with Crippen molar-refractivity contribution in [3.8, 4) is 0 Å². The van der Waals surface area contributed by atoms with Crippen LogP contribution in [0.3, 0.4) is 0 Å². The summed E-state index contributed by atoms with van der Waals surface area (Å²) in [6.45, 7) is 1.92. The van der Waals surface area contributed by atoms with E-state index >= 15 is 0 Å². The average molecular weight is 276 g/mol. The van der Waals surface area contributed by atoms with E-state index in [-0.39, 0.29) is 5.46 Å². The Hall–Kier alpha value is -1.40. The highest BCUT2D eigenvalue weighted by molar-refractivity contribution is 6.59. The fourth-order valence-corrected chi connectivity index (χ4v) is 3.25. The molecule has 0 radical (unpaired) electrons. The Bertz CT molecular complexity index is 636. The van der Waals surface area contributed by atoms with Crippen molar-refractivity contribution in [3.05, 3.63) is 23.8 Å². The van der Waals surface area contributed by atoms with Crippen LogP contribution >= 0.6 is 0 Å². The molecule has 1 aliphatic carbocycles. The maximum Gasteiger partial charge on any atom is 0.491 e. The van der Waals surface area contributed by atoms with Gasteiger partial charge in [-0.1, -0.05) is 19.3 Å². The smallest absolute Gasteiger partial charge is 0.423 e. The van der Waals surface area contributed by atoms with Gasteiger partial charge < -0.3 is 14.6 Å². The highest BCUT2D eigenvalue weighted by Crippen LogP contribution is 2.32. The average Bonchev–Trinajstić information content (AvgIpc) is 2.73. The zero-order valence-corrected chi connectivity index (χ0v) is 11.5. The van der Waals surface area contributed by atoms with E-state index in [0.29, 0.717) is 11.6 Å². The van der Waals surface area contributed by atoms with Crippen molar-refractivity contribution in [3.63, 3.8) is 0 Å². The van der Waals surface area contributed by atoms with Gasteiger partial charge in [-0.2, -0.15) is 0 Å². The number of nitrogens with zero attached hydrogens (tertiary/aromatic N) is 2. The first-order chi connectivity index (χ1) is 9.58. The molecule has 106 valence electrons. The van der Waals surface area contributed by atoms with Crippen LogP contribution in [-0.4, -0.2) is 26.7 Å². The molecule has 1 heterocycles. The Morgan fingerprint density at radius 1 is 1.25 bits per heavy atom. The summed E-state index contributed by atoms with van der Waals surface area (Å²) in [5, 5.41) is 18.3. The summed E-state index contributed by atoms with van der Waals surface area (Å²) in [6.07, 6.45) is 5.84. The van der Waals surface area contributed by atoms with Crippen molar-refractivity contribution in [2.75, 3.05) is 0 Å². The van der Waals surface area contributed by atoms with Gasteiger partial charge in [-0.25, -0.2) is 9.37 Å². The van der Waals surface area contributed by atoms with Gasteiger partial charge in [0, 0.05) is 11.5 Å². The van der Waals surface area contributed by atoms with Gasteiger partial charge in [0.15, 0.2) is 0 Å². The Morgan fingerprint density at radius 3 is 2.60 bits per heavy atom. The number of aryl methyl sites for hydroxylation is 1. The SMILES string of the molecule is Cc1nc2cc(B(O)O)c(F)cc2n1C1CCCCC1. The normalized spacial score (nSPS) is 16.8. The summed E-state index contributed by atoms with van der Waals surface area (Å²) in [5.41, 5.74) is 1.25. The molecule has 0 spiro atoms. The van der Waals surface area contributed by atoms with Crippen LogP contribution in [0.5, 0.6) is 0 Å². The first kappa shape index (κ1) is 13.6. The largest absolute Gasteiger partial charge is 0.491 e. The van der Waals surface area contributed by atoms with E-state index in [1.807, 2.05) is 6.92 Å². The molecule has 4 nitrogen and oxygen atoms in total. The lowest BCUT2D eigenvalue weighted by molar-refractivity contribution is 0.355. The van der Waals surface area contributed by atoms with Crippen molar-refractivity contribution < 1.29 is 14.4 Å². The van der Waals surface area contributed by atoms with Gasteiger partial charge in [-0.15, -0.1) is 0 Å². The lowest BCUT2D eigenvalue weighted by Gasteiger charge is -2.25. The molecule has 0 amide bonds. The fraction of sp³-hybridized carbons (Fsp3) is 0.500. The summed E-state index contributed by atoms with van der Waals surface area (Å²) in [7, 11) is -1.81. The van der Waals surface area contributed by atoms with Crippen LogP contribution in [0.25, 0.3) is 11.0 Å². The first-order valence-corrected chi connectivity index (χ1v) is 7.12. The van der Waals surface area contributed by atoms with Gasteiger partial charge in [0.25, 0.3) is 0 Å². The van der Waals surface area contributed by atoms with Crippen LogP contribution in [-0.2, 0) is 0 Å². The molecule has 6 heteroatoms. The zero-order valence-electron chi connectivity index (χ0n) is 11.5. The second-order valence-corrected chi connectivity index (χ2v) is 5.56. The van der Waals surface area contributed by atoms with E-state index in [2.05, 4.69) is 9.55 Å². The molecule has 20 heavy (non-hydrogen) atoms. The van der Waals surface area contributed by atoms with Crippen LogP contribution in [0.15, 0.2) is 12.1 Å². The van der Waals surface area contributed by atoms with E-state index in [9.17, 15) is 4.39 Å². The topological polar surface area (TPSA) is 58.3 Å². The fourth-order valence-electron chi connectivity index (χ4n) is 3.25. The number of hydrogen-bond donors (Lipinski definition) is 2. The molecule has 1 aromatic heterocycles. The first-order valence-electron chi connectivity index (χ1n) is 7.12. The molecule has 1 aliphatic rings. The van der Waals surface area contributed by atoms with Crippen LogP contribution in [0.4, 0.5) is 4.39 Å². The molecule has 0 atom stereocenters. The zero-order chi connectivity index (χ0) is 14.3. The molecule has 0 saturated heterocycles. The Balaban J connectivity index is 2.13. The molecule has 1 fully saturated rings. The molecule has 0 unspecified atom stereocenters. The summed E-state index contributed by atoms with van der Waals surface area (Å²) >= 11 is 0. The number of aromatic nitrogens is 2. The monoisotopic (exact) mass is 276 g/mol. The van der Waals surface area contributed by atoms with Crippen LogP contribution in [0.1, 0.15) is 44.0 Å². The Morgan fingerprint density at radius 2 is 1.95 bits per heavy atom. The van der Waals surface area contributed by atoms with Gasteiger partial charge in [-0.3, -0.25) is 0 Å². The highest BCUT2D eigenvalue weighted by Gasteiger charge is 2.23. The van der Waals surface area contributed by atoms with Crippen molar-refractivity contribution >= 4 is 23.6 Å². The Kier molecular flexibility index (Phi) is 3.52. The molecular weight excluding hydrogens is 258 g/mol. The van der Waals surface area contributed by atoms with E-state index in [4.69, 9.17) is 10.0 Å². The van der Waals surface area contributed by atoms with E-state index in [1.165, 1.54) is 31.4 Å². The predicted molar refractivity (Wildman–Crippen MR) is 76.4 cm³/mol. The number of hydrogen-bond acceptors (Lipinski definition) is 3. The molecule has 1 saturated carbocycles. The third kappa shape index (κ3) is 2.23. The standard InChI is InChI=1S/C14H18BFN2O2/c1-9-17-13-7-11(15(19)20)12(16)8-14(13)18(9)10-5-3-2-4-6-10/h7-8,10,19-20H,2-6H2,1H3. The number of fused-ring (bicyclic) bond motifs is 1. The molecule has 2 aromatic rings.